The van der Waals surface area contributed by atoms with Gasteiger partial charge in [0.1, 0.15) is 5.60 Å². The molecular weight excluding hydrogens is 464 g/mol. The first-order valence-electron chi connectivity index (χ1n) is 11.7. The summed E-state index contributed by atoms with van der Waals surface area (Å²) in [4.78, 5) is 12.9. The van der Waals surface area contributed by atoms with Crippen LogP contribution in [0.15, 0.2) is 71.6 Å². The van der Waals surface area contributed by atoms with Gasteiger partial charge in [0, 0.05) is 19.0 Å². The second-order valence-electron chi connectivity index (χ2n) is 10.1. The Morgan fingerprint density at radius 1 is 1.03 bits per heavy atom. The van der Waals surface area contributed by atoms with Gasteiger partial charge in [0.2, 0.25) is 10.0 Å². The molecule has 1 heterocycles. The summed E-state index contributed by atoms with van der Waals surface area (Å²) in [5.74, 6) is -0.566. The number of aliphatic hydroxyl groups is 1. The number of benzene rings is 3. The molecule has 4 rings (SSSR count). The lowest BCUT2D eigenvalue weighted by Crippen LogP contribution is -2.41. The number of nitrogens with zero attached hydrogens (tertiary/aromatic N) is 1. The minimum absolute atomic E-state index is 0.0546. The highest BCUT2D eigenvalue weighted by molar-refractivity contribution is 7.89. The Balaban J connectivity index is 1.66. The molecule has 2 N–H and O–H groups in total. The summed E-state index contributed by atoms with van der Waals surface area (Å²) in [5, 5.41) is 15.9. The van der Waals surface area contributed by atoms with Crippen molar-refractivity contribution in [3.05, 3.63) is 77.9 Å². The van der Waals surface area contributed by atoms with Crippen molar-refractivity contribution in [3.63, 3.8) is 0 Å². The van der Waals surface area contributed by atoms with Gasteiger partial charge in [0.25, 0.3) is 0 Å². The Morgan fingerprint density at radius 3 is 2.34 bits per heavy atom. The maximum absolute atomic E-state index is 13.3. The average molecular weight is 497 g/mol. The summed E-state index contributed by atoms with van der Waals surface area (Å²) in [5.41, 5.74) is 1.03. The Morgan fingerprint density at radius 2 is 1.69 bits per heavy atom. The number of carbonyl (C=O) groups is 1. The van der Waals surface area contributed by atoms with Crippen LogP contribution < -0.4 is 5.32 Å². The number of hydrogen-bond donors (Lipinski definition) is 2. The minimum atomic E-state index is -3.80. The van der Waals surface area contributed by atoms with E-state index < -0.39 is 39.8 Å². The highest BCUT2D eigenvalue weighted by Crippen LogP contribution is 2.35. The van der Waals surface area contributed by atoms with Crippen LogP contribution in [0.2, 0.25) is 0 Å². The molecule has 0 aliphatic carbocycles. The highest BCUT2D eigenvalue weighted by Gasteiger charge is 2.43. The summed E-state index contributed by atoms with van der Waals surface area (Å²) in [6, 6.07) is 19.7. The van der Waals surface area contributed by atoms with Crippen molar-refractivity contribution in [1.29, 1.82) is 0 Å². The van der Waals surface area contributed by atoms with Crippen LogP contribution in [0, 0.1) is 12.8 Å². The molecule has 8 heteroatoms. The molecule has 1 aliphatic rings. The molecular formula is C27H32N2O5S. The molecule has 35 heavy (non-hydrogen) atoms. The van der Waals surface area contributed by atoms with E-state index in [1.807, 2.05) is 49.4 Å². The van der Waals surface area contributed by atoms with Gasteiger partial charge in [-0.05, 0) is 62.2 Å². The SMILES string of the molecule is Cc1ccc(S(=O)(=O)N2C[C@@H](O)[C@H](C(NC(=O)OC(C)(C)C)c3ccc4ccccc4c3)C2)cc1. The van der Waals surface area contributed by atoms with Crippen molar-refractivity contribution < 1.29 is 23.1 Å². The summed E-state index contributed by atoms with van der Waals surface area (Å²) in [6.45, 7) is 7.22. The van der Waals surface area contributed by atoms with E-state index in [-0.39, 0.29) is 18.0 Å². The third-order valence-corrected chi connectivity index (χ3v) is 8.04. The standard InChI is InChI=1S/C27H32N2O5S/c1-18-9-13-22(14-10-18)35(32,33)29-16-23(24(30)17-29)25(28-26(31)34-27(2,3)4)21-12-11-19-7-5-6-8-20(19)15-21/h5-15,23-25,30H,16-17H2,1-4H3,(H,28,31)/t23-,24-,25?/m1/s1. The molecule has 1 aliphatic heterocycles. The molecule has 3 atom stereocenters. The average Bonchev–Trinajstić information content (AvgIpc) is 3.18. The molecule has 0 aromatic heterocycles. The van der Waals surface area contributed by atoms with Gasteiger partial charge in [-0.2, -0.15) is 4.31 Å². The first-order valence-corrected chi connectivity index (χ1v) is 13.1. The lowest BCUT2D eigenvalue weighted by Gasteiger charge is -2.29. The van der Waals surface area contributed by atoms with Gasteiger partial charge in [-0.15, -0.1) is 0 Å². The van der Waals surface area contributed by atoms with Gasteiger partial charge in [-0.25, -0.2) is 13.2 Å². The largest absolute Gasteiger partial charge is 0.444 e. The van der Waals surface area contributed by atoms with Crippen molar-refractivity contribution >= 4 is 26.9 Å². The maximum Gasteiger partial charge on any atom is 0.408 e. The first kappa shape index (κ1) is 25.2. The molecule has 0 saturated carbocycles. The molecule has 0 bridgehead atoms. The zero-order valence-electron chi connectivity index (χ0n) is 20.4. The van der Waals surface area contributed by atoms with Crippen molar-refractivity contribution in [3.8, 4) is 0 Å². The number of carbonyl (C=O) groups excluding carboxylic acids is 1. The number of aryl methyl sites for hydroxylation is 1. The summed E-state index contributed by atoms with van der Waals surface area (Å²) >= 11 is 0. The van der Waals surface area contributed by atoms with Crippen molar-refractivity contribution in [2.75, 3.05) is 13.1 Å². The van der Waals surface area contributed by atoms with Crippen LogP contribution >= 0.6 is 0 Å². The van der Waals surface area contributed by atoms with E-state index in [1.165, 1.54) is 4.31 Å². The van der Waals surface area contributed by atoms with Crippen LogP contribution in [0.3, 0.4) is 0 Å². The van der Waals surface area contributed by atoms with E-state index in [0.717, 1.165) is 21.9 Å². The van der Waals surface area contributed by atoms with Crippen LogP contribution in [-0.4, -0.2) is 48.7 Å². The van der Waals surface area contributed by atoms with Gasteiger partial charge in [0.05, 0.1) is 17.0 Å². The quantitative estimate of drug-likeness (QED) is 0.546. The molecule has 3 aromatic carbocycles. The number of nitrogens with one attached hydrogen (secondary N) is 1. The number of rotatable bonds is 5. The van der Waals surface area contributed by atoms with E-state index in [9.17, 15) is 18.3 Å². The molecule has 3 aromatic rings. The van der Waals surface area contributed by atoms with Crippen molar-refractivity contribution in [1.82, 2.24) is 9.62 Å². The van der Waals surface area contributed by atoms with Gasteiger partial charge in [-0.1, -0.05) is 54.1 Å². The summed E-state index contributed by atoms with van der Waals surface area (Å²) in [6.07, 6.45) is -1.59. The number of sulfonamides is 1. The Hall–Kier alpha value is -2.94. The number of fused-ring (bicyclic) bond motifs is 1. The molecule has 186 valence electrons. The normalized spacial score (nSPS) is 20.0. The summed E-state index contributed by atoms with van der Waals surface area (Å²) < 4.78 is 33.3. The predicted molar refractivity (Wildman–Crippen MR) is 135 cm³/mol. The van der Waals surface area contributed by atoms with E-state index in [2.05, 4.69) is 5.32 Å². The molecule has 1 amide bonds. The summed E-state index contributed by atoms with van der Waals surface area (Å²) in [7, 11) is -3.80. The zero-order valence-corrected chi connectivity index (χ0v) is 21.2. The first-order chi connectivity index (χ1) is 16.4. The van der Waals surface area contributed by atoms with E-state index >= 15 is 0 Å². The number of hydrogen-bond acceptors (Lipinski definition) is 5. The zero-order chi connectivity index (χ0) is 25.4. The lowest BCUT2D eigenvalue weighted by atomic mass is 9.89. The fourth-order valence-electron chi connectivity index (χ4n) is 4.43. The predicted octanol–water partition coefficient (Wildman–Crippen LogP) is 4.40. The smallest absolute Gasteiger partial charge is 0.408 e. The lowest BCUT2D eigenvalue weighted by molar-refractivity contribution is 0.0451. The topological polar surface area (TPSA) is 95.9 Å². The molecule has 0 radical (unpaired) electrons. The van der Waals surface area contributed by atoms with E-state index in [1.54, 1.807) is 45.0 Å². The second-order valence-corrected chi connectivity index (χ2v) is 12.0. The van der Waals surface area contributed by atoms with Gasteiger partial charge < -0.3 is 15.2 Å². The van der Waals surface area contributed by atoms with Gasteiger partial charge in [-0.3, -0.25) is 0 Å². The molecule has 0 spiro atoms. The van der Waals surface area contributed by atoms with Crippen LogP contribution in [-0.2, 0) is 14.8 Å². The molecule has 1 fully saturated rings. The van der Waals surface area contributed by atoms with E-state index in [0.29, 0.717) is 0 Å². The highest BCUT2D eigenvalue weighted by atomic mass is 32.2. The van der Waals surface area contributed by atoms with Gasteiger partial charge in [0.15, 0.2) is 0 Å². The Kier molecular flexibility index (Phi) is 6.90. The molecule has 1 saturated heterocycles. The Bertz CT molecular complexity index is 1320. The number of aliphatic hydroxyl groups excluding tert-OH is 1. The number of amides is 1. The number of ether oxygens (including phenoxy) is 1. The third-order valence-electron chi connectivity index (χ3n) is 6.19. The molecule has 1 unspecified atom stereocenters. The molecule has 7 nitrogen and oxygen atoms in total. The number of alkyl carbamates (subject to hydrolysis) is 1. The Labute approximate surface area is 206 Å². The van der Waals surface area contributed by atoms with Crippen LogP contribution in [0.4, 0.5) is 4.79 Å². The van der Waals surface area contributed by atoms with Crippen molar-refractivity contribution in [2.24, 2.45) is 5.92 Å². The van der Waals surface area contributed by atoms with E-state index in [4.69, 9.17) is 4.74 Å². The van der Waals surface area contributed by atoms with Gasteiger partial charge >= 0.3 is 6.09 Å². The van der Waals surface area contributed by atoms with Crippen molar-refractivity contribution in [2.45, 2.75) is 50.3 Å². The minimum Gasteiger partial charge on any atom is -0.444 e. The van der Waals surface area contributed by atoms with Crippen LogP contribution in [0.25, 0.3) is 10.8 Å². The fourth-order valence-corrected chi connectivity index (χ4v) is 5.93. The van der Waals surface area contributed by atoms with Crippen LogP contribution in [0.1, 0.15) is 37.9 Å². The maximum atomic E-state index is 13.3. The van der Waals surface area contributed by atoms with Crippen LogP contribution in [0.5, 0.6) is 0 Å². The second kappa shape index (κ2) is 9.60. The third kappa shape index (κ3) is 5.66. The fraction of sp³-hybridized carbons (Fsp3) is 0.370. The number of β-amino-alcohol motifs (C(OH)–C–C–N with tert-alkyl or cyclic N) is 1. The monoisotopic (exact) mass is 496 g/mol.